The van der Waals surface area contributed by atoms with Gasteiger partial charge in [-0.1, -0.05) is 22.0 Å². The summed E-state index contributed by atoms with van der Waals surface area (Å²) in [4.78, 5) is 16.5. The molecule has 3 rings (SSSR count). The summed E-state index contributed by atoms with van der Waals surface area (Å²) in [5.74, 6) is -0.104. The number of fused-ring (bicyclic) bond motifs is 1. The highest BCUT2D eigenvalue weighted by Gasteiger charge is 2.29. The fourth-order valence-corrected chi connectivity index (χ4v) is 3.48. The van der Waals surface area contributed by atoms with E-state index in [-0.39, 0.29) is 5.91 Å². The molecule has 0 radical (unpaired) electrons. The molecule has 100 valence electrons. The number of hydrogen-bond donors (Lipinski definition) is 1. The van der Waals surface area contributed by atoms with Crippen LogP contribution in [-0.2, 0) is 4.79 Å². The van der Waals surface area contributed by atoms with E-state index in [1.54, 1.807) is 6.20 Å². The second kappa shape index (κ2) is 5.14. The predicted octanol–water partition coefficient (Wildman–Crippen LogP) is 4.41. The quantitative estimate of drug-likeness (QED) is 0.729. The van der Waals surface area contributed by atoms with E-state index in [0.29, 0.717) is 5.57 Å². The Balaban J connectivity index is 2.22. The van der Waals surface area contributed by atoms with Gasteiger partial charge in [0.15, 0.2) is 0 Å². The van der Waals surface area contributed by atoms with Crippen molar-refractivity contribution in [1.82, 2.24) is 4.98 Å². The molecule has 1 aromatic carbocycles. The summed E-state index contributed by atoms with van der Waals surface area (Å²) in [7, 11) is 0. The number of nitrogens with zero attached hydrogens (tertiary/aromatic N) is 1. The van der Waals surface area contributed by atoms with Crippen LogP contribution in [-0.4, -0.2) is 10.9 Å². The number of hydrogen-bond acceptors (Lipinski definition) is 2. The first-order chi connectivity index (χ1) is 9.58. The molecule has 1 N–H and O–H groups in total. The fraction of sp³-hybridized carbons (Fsp3) is 0.0667. The lowest BCUT2D eigenvalue weighted by atomic mass is 10.0. The lowest BCUT2D eigenvalue weighted by Crippen LogP contribution is -2.04. The number of pyridine rings is 1. The Morgan fingerprint density at radius 1 is 1.25 bits per heavy atom. The van der Waals surface area contributed by atoms with Gasteiger partial charge in [0, 0.05) is 20.7 Å². The first-order valence-corrected chi connectivity index (χ1v) is 7.59. The van der Waals surface area contributed by atoms with Gasteiger partial charge in [0.05, 0.1) is 17.0 Å². The Bertz CT molecular complexity index is 739. The molecule has 0 spiro atoms. The van der Waals surface area contributed by atoms with Crippen LogP contribution in [0.15, 0.2) is 39.4 Å². The molecule has 5 heteroatoms. The normalized spacial score (nSPS) is 15.3. The van der Waals surface area contributed by atoms with Gasteiger partial charge in [-0.25, -0.2) is 0 Å². The maximum atomic E-state index is 12.2. The number of carbonyl (C=O) groups is 1. The molecule has 1 aliphatic heterocycles. The summed E-state index contributed by atoms with van der Waals surface area (Å²) in [5.41, 5.74) is 4.17. The molecule has 1 amide bonds. The average Bonchev–Trinajstić information content (AvgIpc) is 2.76. The summed E-state index contributed by atoms with van der Waals surface area (Å²) in [6, 6.07) is 7.57. The number of halogens is 2. The molecule has 2 aromatic rings. The first kappa shape index (κ1) is 13.5. The van der Waals surface area contributed by atoms with E-state index in [4.69, 9.17) is 0 Å². The molecule has 1 aliphatic rings. The zero-order valence-corrected chi connectivity index (χ0v) is 13.7. The van der Waals surface area contributed by atoms with Crippen molar-refractivity contribution in [3.63, 3.8) is 0 Å². The number of aromatic nitrogens is 1. The molecule has 0 aliphatic carbocycles. The van der Waals surface area contributed by atoms with Crippen LogP contribution in [0.1, 0.15) is 16.8 Å². The van der Waals surface area contributed by atoms with Crippen LogP contribution in [0, 0.1) is 6.92 Å². The lowest BCUT2D eigenvalue weighted by molar-refractivity contribution is -0.110. The molecule has 0 atom stereocenters. The zero-order chi connectivity index (χ0) is 14.3. The van der Waals surface area contributed by atoms with Crippen molar-refractivity contribution in [2.45, 2.75) is 6.92 Å². The highest BCUT2D eigenvalue weighted by molar-refractivity contribution is 9.11. The summed E-state index contributed by atoms with van der Waals surface area (Å²) >= 11 is 7.01. The van der Waals surface area contributed by atoms with Crippen LogP contribution in [0.2, 0.25) is 0 Å². The van der Waals surface area contributed by atoms with Crippen LogP contribution in [0.3, 0.4) is 0 Å². The van der Waals surface area contributed by atoms with Crippen molar-refractivity contribution in [2.75, 3.05) is 5.32 Å². The smallest absolute Gasteiger partial charge is 0.256 e. The van der Waals surface area contributed by atoms with Gasteiger partial charge in [-0.05, 0) is 52.7 Å². The minimum absolute atomic E-state index is 0.104. The van der Waals surface area contributed by atoms with E-state index < -0.39 is 0 Å². The SMILES string of the molecule is Cc1c(Br)cc(Br)c2c1C(=Cc1ccccn1)C(=O)N2. The fourth-order valence-electron chi connectivity index (χ4n) is 2.22. The van der Waals surface area contributed by atoms with Gasteiger partial charge in [0.2, 0.25) is 0 Å². The second-order valence-corrected chi connectivity index (χ2v) is 6.19. The van der Waals surface area contributed by atoms with Gasteiger partial charge in [0.25, 0.3) is 5.91 Å². The molecule has 3 nitrogen and oxygen atoms in total. The van der Waals surface area contributed by atoms with Crippen molar-refractivity contribution < 1.29 is 4.79 Å². The maximum Gasteiger partial charge on any atom is 0.256 e. The van der Waals surface area contributed by atoms with Crippen molar-refractivity contribution in [3.8, 4) is 0 Å². The molecule has 0 saturated heterocycles. The minimum atomic E-state index is -0.104. The minimum Gasteiger partial charge on any atom is -0.320 e. The van der Waals surface area contributed by atoms with Gasteiger partial charge >= 0.3 is 0 Å². The summed E-state index contributed by atoms with van der Waals surface area (Å²) < 4.78 is 1.83. The molecular weight excluding hydrogens is 384 g/mol. The molecule has 0 unspecified atom stereocenters. The molecule has 0 fully saturated rings. The predicted molar refractivity (Wildman–Crippen MR) is 87.3 cm³/mol. The molecule has 20 heavy (non-hydrogen) atoms. The Kier molecular flexibility index (Phi) is 3.48. The summed E-state index contributed by atoms with van der Waals surface area (Å²) in [5, 5.41) is 2.90. The molecule has 0 bridgehead atoms. The Morgan fingerprint density at radius 2 is 2.05 bits per heavy atom. The highest BCUT2D eigenvalue weighted by Crippen LogP contribution is 2.43. The van der Waals surface area contributed by atoms with E-state index in [0.717, 1.165) is 31.5 Å². The lowest BCUT2D eigenvalue weighted by Gasteiger charge is -2.08. The van der Waals surface area contributed by atoms with Gasteiger partial charge in [-0.15, -0.1) is 0 Å². The Hall–Kier alpha value is -1.46. The van der Waals surface area contributed by atoms with Crippen molar-refractivity contribution >= 4 is 55.1 Å². The zero-order valence-electron chi connectivity index (χ0n) is 10.6. The van der Waals surface area contributed by atoms with Gasteiger partial charge in [-0.3, -0.25) is 9.78 Å². The Labute approximate surface area is 133 Å². The van der Waals surface area contributed by atoms with Crippen LogP contribution in [0.5, 0.6) is 0 Å². The third-order valence-electron chi connectivity index (χ3n) is 3.21. The summed E-state index contributed by atoms with van der Waals surface area (Å²) in [6.45, 7) is 1.99. The maximum absolute atomic E-state index is 12.2. The van der Waals surface area contributed by atoms with E-state index >= 15 is 0 Å². The van der Waals surface area contributed by atoms with Gasteiger partial charge < -0.3 is 5.32 Å². The molecule has 1 aromatic heterocycles. The van der Waals surface area contributed by atoms with Crippen LogP contribution >= 0.6 is 31.9 Å². The first-order valence-electron chi connectivity index (χ1n) is 6.01. The standard InChI is InChI=1S/C15H10Br2N2O/c1-8-11(16)7-12(17)14-13(8)10(15(20)19-14)6-9-4-2-3-5-18-9/h2-7H,1H3,(H,19,20). The largest absolute Gasteiger partial charge is 0.320 e. The second-order valence-electron chi connectivity index (χ2n) is 4.48. The highest BCUT2D eigenvalue weighted by atomic mass is 79.9. The van der Waals surface area contributed by atoms with E-state index in [9.17, 15) is 4.79 Å². The van der Waals surface area contributed by atoms with Crippen molar-refractivity contribution in [3.05, 3.63) is 56.2 Å². The molecule has 0 saturated carbocycles. The third kappa shape index (κ3) is 2.21. The number of benzene rings is 1. The van der Waals surface area contributed by atoms with E-state index in [1.165, 1.54) is 0 Å². The average molecular weight is 394 g/mol. The van der Waals surface area contributed by atoms with E-state index in [1.807, 2.05) is 37.3 Å². The number of nitrogens with one attached hydrogen (secondary N) is 1. The van der Waals surface area contributed by atoms with Gasteiger partial charge in [-0.2, -0.15) is 0 Å². The number of carbonyl (C=O) groups excluding carboxylic acids is 1. The monoisotopic (exact) mass is 392 g/mol. The summed E-state index contributed by atoms with van der Waals surface area (Å²) in [6.07, 6.45) is 3.52. The van der Waals surface area contributed by atoms with Crippen LogP contribution < -0.4 is 5.32 Å². The molecule has 2 heterocycles. The molecular formula is C15H10Br2N2O. The van der Waals surface area contributed by atoms with Crippen molar-refractivity contribution in [2.24, 2.45) is 0 Å². The topological polar surface area (TPSA) is 42.0 Å². The Morgan fingerprint density at radius 3 is 2.75 bits per heavy atom. The van der Waals surface area contributed by atoms with Crippen molar-refractivity contribution in [1.29, 1.82) is 0 Å². The number of amides is 1. The van der Waals surface area contributed by atoms with Crippen LogP contribution in [0.4, 0.5) is 5.69 Å². The third-order valence-corrected chi connectivity index (χ3v) is 4.66. The van der Waals surface area contributed by atoms with Crippen LogP contribution in [0.25, 0.3) is 11.6 Å². The van der Waals surface area contributed by atoms with Gasteiger partial charge in [0.1, 0.15) is 0 Å². The van der Waals surface area contributed by atoms with E-state index in [2.05, 4.69) is 42.2 Å². The number of rotatable bonds is 1. The number of anilines is 1.